The average molecular weight is 332 g/mol. The number of rotatable bonds is 9. The highest BCUT2D eigenvalue weighted by atomic mass is 32.2. The summed E-state index contributed by atoms with van der Waals surface area (Å²) in [6, 6.07) is 6.85. The number of benzene rings is 1. The van der Waals surface area contributed by atoms with Gasteiger partial charge in [-0.2, -0.15) is 0 Å². The van der Waals surface area contributed by atoms with Crippen LogP contribution in [0.2, 0.25) is 0 Å². The van der Waals surface area contributed by atoms with Crippen molar-refractivity contribution in [2.45, 2.75) is 11.9 Å². The Bertz CT molecular complexity index is 575. The number of methoxy groups -OCH3 is 2. The van der Waals surface area contributed by atoms with E-state index in [1.807, 2.05) is 0 Å². The number of thiocarbonyl (C=S) groups is 1. The third-order valence-electron chi connectivity index (χ3n) is 2.78. The molecule has 0 heterocycles. The first-order valence-corrected chi connectivity index (χ1v) is 8.32. The molecule has 3 N–H and O–H groups in total. The summed E-state index contributed by atoms with van der Waals surface area (Å²) in [5.74, 6) is -0.146. The second kappa shape index (κ2) is 8.40. The molecule has 0 aromatic heterocycles. The molecule has 0 spiro atoms. The van der Waals surface area contributed by atoms with Crippen molar-refractivity contribution >= 4 is 27.2 Å². The quantitative estimate of drug-likeness (QED) is 0.636. The normalized spacial score (nSPS) is 13.0. The van der Waals surface area contributed by atoms with Crippen LogP contribution in [-0.2, 0) is 25.2 Å². The van der Waals surface area contributed by atoms with E-state index in [1.165, 1.54) is 14.2 Å². The molecule has 1 aromatic rings. The molecule has 0 radical (unpaired) electrons. The van der Waals surface area contributed by atoms with Gasteiger partial charge in [-0.25, -0.2) is 13.1 Å². The van der Waals surface area contributed by atoms with Gasteiger partial charge in [0.1, 0.15) is 4.99 Å². The molecule has 0 aliphatic heterocycles. The summed E-state index contributed by atoms with van der Waals surface area (Å²) in [5, 5.41) is 0. The van der Waals surface area contributed by atoms with Crippen LogP contribution in [0.3, 0.4) is 0 Å². The number of nitrogens with two attached hydrogens (primary N) is 1. The molecule has 0 bridgehead atoms. The third kappa shape index (κ3) is 6.49. The lowest BCUT2D eigenvalue weighted by Crippen LogP contribution is -2.36. The van der Waals surface area contributed by atoms with E-state index < -0.39 is 10.0 Å². The highest BCUT2D eigenvalue weighted by molar-refractivity contribution is 7.88. The Balaban J connectivity index is 2.67. The van der Waals surface area contributed by atoms with Crippen molar-refractivity contribution in [1.29, 1.82) is 0 Å². The summed E-state index contributed by atoms with van der Waals surface area (Å²) in [5.41, 5.74) is 6.80. The van der Waals surface area contributed by atoms with Crippen LogP contribution in [-0.4, -0.2) is 46.9 Å². The minimum absolute atomic E-state index is 0.146. The fraction of sp³-hybridized carbons (Fsp3) is 0.462. The number of hydrogen-bond acceptors (Lipinski definition) is 5. The van der Waals surface area contributed by atoms with Crippen molar-refractivity contribution in [3.05, 3.63) is 35.4 Å². The zero-order chi connectivity index (χ0) is 15.9. The Morgan fingerprint density at radius 3 is 2.71 bits per heavy atom. The topological polar surface area (TPSA) is 90.7 Å². The van der Waals surface area contributed by atoms with Gasteiger partial charge in [0.2, 0.25) is 10.0 Å². The highest BCUT2D eigenvalue weighted by Gasteiger charge is 2.15. The molecule has 0 aliphatic rings. The standard InChI is InChI=1S/C13H20N2O4S2/c1-18-8-12(19-2)7-15-21(16,17)9-10-4-3-5-11(6-10)13(14)20/h3-6,12,15H,7-9H2,1-2H3,(H2,14,20). The molecule has 1 rings (SSSR count). The van der Waals surface area contributed by atoms with E-state index in [0.29, 0.717) is 17.7 Å². The molecule has 0 saturated carbocycles. The molecule has 0 aliphatic carbocycles. The molecule has 118 valence electrons. The van der Waals surface area contributed by atoms with E-state index in [-0.39, 0.29) is 23.4 Å². The van der Waals surface area contributed by atoms with Crippen molar-refractivity contribution in [2.75, 3.05) is 27.4 Å². The third-order valence-corrected chi connectivity index (χ3v) is 4.34. The van der Waals surface area contributed by atoms with Crippen molar-refractivity contribution in [2.24, 2.45) is 5.73 Å². The largest absolute Gasteiger partial charge is 0.389 e. The SMILES string of the molecule is COCC(CNS(=O)(=O)Cc1cccc(C(N)=S)c1)OC. The second-order valence-electron chi connectivity index (χ2n) is 4.49. The van der Waals surface area contributed by atoms with Gasteiger partial charge in [0.25, 0.3) is 0 Å². The summed E-state index contributed by atoms with van der Waals surface area (Å²) in [6.07, 6.45) is -0.326. The number of hydrogen-bond donors (Lipinski definition) is 2. The van der Waals surface area contributed by atoms with E-state index in [4.69, 9.17) is 27.4 Å². The maximum Gasteiger partial charge on any atom is 0.215 e. The van der Waals surface area contributed by atoms with Gasteiger partial charge >= 0.3 is 0 Å². The fourth-order valence-corrected chi connectivity index (χ4v) is 2.99. The molecule has 1 aromatic carbocycles. The Morgan fingerprint density at radius 1 is 1.43 bits per heavy atom. The molecule has 8 heteroatoms. The van der Waals surface area contributed by atoms with Gasteiger partial charge in [0.05, 0.1) is 18.5 Å². The predicted octanol–water partition coefficient (Wildman–Crippen LogP) is 0.402. The molecule has 1 atom stereocenters. The van der Waals surface area contributed by atoms with Crippen LogP contribution in [0.25, 0.3) is 0 Å². The maximum atomic E-state index is 12.0. The van der Waals surface area contributed by atoms with E-state index in [1.54, 1.807) is 24.3 Å². The fourth-order valence-electron chi connectivity index (χ4n) is 1.70. The van der Waals surface area contributed by atoms with Gasteiger partial charge in [-0.3, -0.25) is 0 Å². The Kier molecular flexibility index (Phi) is 7.20. The van der Waals surface area contributed by atoms with Crippen LogP contribution >= 0.6 is 12.2 Å². The molecule has 6 nitrogen and oxygen atoms in total. The minimum atomic E-state index is -3.47. The molecular formula is C13H20N2O4S2. The Labute approximate surface area is 130 Å². The molecule has 1 unspecified atom stereocenters. The number of ether oxygens (including phenoxy) is 2. The minimum Gasteiger partial charge on any atom is -0.389 e. The van der Waals surface area contributed by atoms with E-state index in [2.05, 4.69) is 4.72 Å². The highest BCUT2D eigenvalue weighted by Crippen LogP contribution is 2.09. The van der Waals surface area contributed by atoms with Gasteiger partial charge in [-0.05, 0) is 11.6 Å². The van der Waals surface area contributed by atoms with Crippen LogP contribution in [0.1, 0.15) is 11.1 Å². The monoisotopic (exact) mass is 332 g/mol. The summed E-state index contributed by atoms with van der Waals surface area (Å²) in [6.45, 7) is 0.470. The van der Waals surface area contributed by atoms with Crippen LogP contribution < -0.4 is 10.5 Å². The van der Waals surface area contributed by atoms with Gasteiger partial charge in [-0.15, -0.1) is 0 Å². The van der Waals surface area contributed by atoms with Gasteiger partial charge < -0.3 is 15.2 Å². The lowest BCUT2D eigenvalue weighted by molar-refractivity contribution is 0.0320. The molecular weight excluding hydrogens is 312 g/mol. The Hall–Kier alpha value is -1.06. The van der Waals surface area contributed by atoms with Crippen LogP contribution in [0.15, 0.2) is 24.3 Å². The number of sulfonamides is 1. The van der Waals surface area contributed by atoms with Crippen LogP contribution in [0.5, 0.6) is 0 Å². The van der Waals surface area contributed by atoms with E-state index >= 15 is 0 Å². The van der Waals surface area contributed by atoms with Gasteiger partial charge in [0, 0.05) is 26.3 Å². The Morgan fingerprint density at radius 2 is 2.14 bits per heavy atom. The van der Waals surface area contributed by atoms with Crippen molar-refractivity contribution in [3.63, 3.8) is 0 Å². The van der Waals surface area contributed by atoms with Crippen molar-refractivity contribution in [1.82, 2.24) is 4.72 Å². The second-order valence-corrected chi connectivity index (χ2v) is 6.73. The smallest absolute Gasteiger partial charge is 0.215 e. The molecule has 0 fully saturated rings. The van der Waals surface area contributed by atoms with E-state index in [9.17, 15) is 8.42 Å². The van der Waals surface area contributed by atoms with E-state index in [0.717, 1.165) is 0 Å². The summed E-state index contributed by atoms with van der Waals surface area (Å²) in [7, 11) is -0.437. The number of nitrogens with one attached hydrogen (secondary N) is 1. The molecule has 0 amide bonds. The summed E-state index contributed by atoms with van der Waals surface area (Å²) < 4.78 is 36.6. The molecule has 21 heavy (non-hydrogen) atoms. The first-order valence-electron chi connectivity index (χ1n) is 6.25. The first-order chi connectivity index (χ1) is 9.88. The molecule has 0 saturated heterocycles. The van der Waals surface area contributed by atoms with Crippen molar-refractivity contribution < 1.29 is 17.9 Å². The predicted molar refractivity (Wildman–Crippen MR) is 85.6 cm³/mol. The summed E-state index contributed by atoms with van der Waals surface area (Å²) >= 11 is 4.88. The van der Waals surface area contributed by atoms with Crippen LogP contribution in [0, 0.1) is 0 Å². The lowest BCUT2D eigenvalue weighted by Gasteiger charge is -2.15. The van der Waals surface area contributed by atoms with Crippen molar-refractivity contribution in [3.8, 4) is 0 Å². The van der Waals surface area contributed by atoms with Gasteiger partial charge in [0.15, 0.2) is 0 Å². The van der Waals surface area contributed by atoms with Crippen LogP contribution in [0.4, 0.5) is 0 Å². The maximum absolute atomic E-state index is 12.0. The average Bonchev–Trinajstić information content (AvgIpc) is 2.43. The zero-order valence-corrected chi connectivity index (χ0v) is 13.7. The van der Waals surface area contributed by atoms with Gasteiger partial charge in [-0.1, -0.05) is 30.4 Å². The lowest BCUT2D eigenvalue weighted by atomic mass is 10.1. The zero-order valence-electron chi connectivity index (χ0n) is 12.0. The summed E-state index contributed by atoms with van der Waals surface area (Å²) in [4.78, 5) is 0.238. The first kappa shape index (κ1) is 18.0.